The van der Waals surface area contributed by atoms with Crippen LogP contribution in [0.25, 0.3) is 0 Å². The van der Waals surface area contributed by atoms with E-state index in [1.165, 1.54) is 12.8 Å². The highest BCUT2D eigenvalue weighted by Gasteiger charge is 2.47. The summed E-state index contributed by atoms with van der Waals surface area (Å²) in [4.78, 5) is 12.1. The molecule has 3 N–H and O–H groups in total. The quantitative estimate of drug-likeness (QED) is 0.740. The van der Waals surface area contributed by atoms with Gasteiger partial charge in [-0.2, -0.15) is 0 Å². The largest absolute Gasteiger partial charge is 0.353 e. The van der Waals surface area contributed by atoms with E-state index < -0.39 is 0 Å². The van der Waals surface area contributed by atoms with Gasteiger partial charge in [-0.3, -0.25) is 4.79 Å². The number of carbonyl (C=O) groups is 1. The molecule has 3 nitrogen and oxygen atoms in total. The van der Waals surface area contributed by atoms with Gasteiger partial charge in [0.05, 0.1) is 5.41 Å². The second-order valence-corrected chi connectivity index (χ2v) is 5.45. The lowest BCUT2D eigenvalue weighted by molar-refractivity contribution is -0.138. The van der Waals surface area contributed by atoms with Crippen molar-refractivity contribution in [3.8, 4) is 0 Å². The summed E-state index contributed by atoms with van der Waals surface area (Å²) in [5.74, 6) is 0.887. The average Bonchev–Trinajstić information content (AvgIpc) is 2.64. The molecule has 0 aromatic heterocycles. The molecule has 0 heterocycles. The minimum atomic E-state index is -0.220. The van der Waals surface area contributed by atoms with Gasteiger partial charge in [0.2, 0.25) is 5.91 Å². The lowest BCUT2D eigenvalue weighted by atomic mass is 9.62. The number of carbonyl (C=O) groups excluding carboxylic acids is 1. The van der Waals surface area contributed by atoms with Crippen molar-refractivity contribution in [1.29, 1.82) is 0 Å². The Morgan fingerprint density at radius 2 is 2.00 bits per heavy atom. The number of hydrogen-bond donors (Lipinski definition) is 2. The summed E-state index contributed by atoms with van der Waals surface area (Å²) >= 11 is 0. The van der Waals surface area contributed by atoms with E-state index >= 15 is 0 Å². The maximum atomic E-state index is 12.1. The lowest BCUT2D eigenvalue weighted by Crippen LogP contribution is -2.55. The Labute approximate surface area is 91.8 Å². The molecule has 86 valence electrons. The minimum Gasteiger partial charge on any atom is -0.353 e. The molecule has 0 aliphatic heterocycles. The van der Waals surface area contributed by atoms with Crippen molar-refractivity contribution in [2.24, 2.45) is 17.1 Å². The molecule has 0 bridgehead atoms. The topological polar surface area (TPSA) is 55.1 Å². The molecule has 2 aliphatic carbocycles. The molecule has 2 rings (SSSR count). The van der Waals surface area contributed by atoms with Gasteiger partial charge in [-0.15, -0.1) is 0 Å². The van der Waals surface area contributed by atoms with E-state index in [1.807, 2.05) is 0 Å². The zero-order valence-electron chi connectivity index (χ0n) is 9.59. The highest BCUT2D eigenvalue weighted by Crippen LogP contribution is 2.45. The zero-order chi connectivity index (χ0) is 10.9. The fraction of sp³-hybridized carbons (Fsp3) is 0.917. The third-order valence-electron chi connectivity index (χ3n) is 4.04. The maximum Gasteiger partial charge on any atom is 0.227 e. The number of rotatable bonds is 3. The normalized spacial score (nSPS) is 36.3. The van der Waals surface area contributed by atoms with Gasteiger partial charge >= 0.3 is 0 Å². The SMILES string of the molecule is CC1CC(CN)(C(=O)NC2CCCC2)C1. The molecule has 0 unspecified atom stereocenters. The van der Waals surface area contributed by atoms with Crippen LogP contribution in [0.2, 0.25) is 0 Å². The van der Waals surface area contributed by atoms with E-state index in [4.69, 9.17) is 5.73 Å². The number of amides is 1. The Morgan fingerprint density at radius 3 is 2.47 bits per heavy atom. The lowest BCUT2D eigenvalue weighted by Gasteiger charge is -2.44. The number of nitrogens with two attached hydrogens (primary N) is 1. The van der Waals surface area contributed by atoms with Gasteiger partial charge in [-0.25, -0.2) is 0 Å². The van der Waals surface area contributed by atoms with Crippen molar-refractivity contribution in [2.75, 3.05) is 6.54 Å². The van der Waals surface area contributed by atoms with E-state index in [2.05, 4.69) is 12.2 Å². The number of hydrogen-bond acceptors (Lipinski definition) is 2. The van der Waals surface area contributed by atoms with Crippen molar-refractivity contribution in [3.05, 3.63) is 0 Å². The Hall–Kier alpha value is -0.570. The first-order valence-corrected chi connectivity index (χ1v) is 6.17. The number of nitrogens with one attached hydrogen (secondary N) is 1. The Balaban J connectivity index is 1.88. The molecule has 0 atom stereocenters. The first-order valence-electron chi connectivity index (χ1n) is 6.17. The molecule has 0 spiro atoms. The highest BCUT2D eigenvalue weighted by molar-refractivity contribution is 5.84. The first-order chi connectivity index (χ1) is 7.16. The molecule has 0 aromatic carbocycles. The molecule has 2 fully saturated rings. The third-order valence-corrected chi connectivity index (χ3v) is 4.04. The van der Waals surface area contributed by atoms with Gasteiger partial charge < -0.3 is 11.1 Å². The van der Waals surface area contributed by atoms with Crippen LogP contribution < -0.4 is 11.1 Å². The van der Waals surface area contributed by atoms with Crippen LogP contribution in [0.5, 0.6) is 0 Å². The molecule has 2 aliphatic rings. The predicted octanol–water partition coefficient (Wildman–Crippen LogP) is 1.42. The van der Waals surface area contributed by atoms with Crippen molar-refractivity contribution >= 4 is 5.91 Å². The van der Waals surface area contributed by atoms with Crippen LogP contribution >= 0.6 is 0 Å². The smallest absolute Gasteiger partial charge is 0.227 e. The fourth-order valence-corrected chi connectivity index (χ4v) is 3.13. The minimum absolute atomic E-state index is 0.218. The van der Waals surface area contributed by atoms with E-state index in [1.54, 1.807) is 0 Å². The molecule has 0 aromatic rings. The van der Waals surface area contributed by atoms with Crippen LogP contribution in [0.3, 0.4) is 0 Å². The second-order valence-electron chi connectivity index (χ2n) is 5.45. The maximum absolute atomic E-state index is 12.1. The Kier molecular flexibility index (Phi) is 3.01. The standard InChI is InChI=1S/C12H22N2O/c1-9-6-12(7-9,8-13)11(15)14-10-4-2-3-5-10/h9-10H,2-8,13H2,1H3,(H,14,15). The van der Waals surface area contributed by atoms with Crippen LogP contribution in [0, 0.1) is 11.3 Å². The van der Waals surface area contributed by atoms with Crippen LogP contribution in [-0.2, 0) is 4.79 Å². The van der Waals surface area contributed by atoms with Crippen LogP contribution in [0.15, 0.2) is 0 Å². The van der Waals surface area contributed by atoms with Gasteiger partial charge in [-0.1, -0.05) is 19.8 Å². The van der Waals surface area contributed by atoms with Crippen molar-refractivity contribution < 1.29 is 4.79 Å². The van der Waals surface area contributed by atoms with E-state index in [0.717, 1.165) is 25.7 Å². The summed E-state index contributed by atoms with van der Waals surface area (Å²) in [7, 11) is 0. The van der Waals surface area contributed by atoms with Crippen LogP contribution in [0.1, 0.15) is 45.4 Å². The summed E-state index contributed by atoms with van der Waals surface area (Å²) in [6.45, 7) is 2.70. The summed E-state index contributed by atoms with van der Waals surface area (Å²) in [6.07, 6.45) is 6.78. The Morgan fingerprint density at radius 1 is 1.40 bits per heavy atom. The molecule has 2 saturated carbocycles. The summed E-state index contributed by atoms with van der Waals surface area (Å²) in [5, 5.41) is 3.17. The first kappa shape index (κ1) is 10.9. The molecule has 0 radical (unpaired) electrons. The summed E-state index contributed by atoms with van der Waals surface area (Å²) in [6, 6.07) is 0.428. The van der Waals surface area contributed by atoms with Crippen molar-refractivity contribution in [1.82, 2.24) is 5.32 Å². The average molecular weight is 210 g/mol. The Bertz CT molecular complexity index is 240. The zero-order valence-corrected chi connectivity index (χ0v) is 9.59. The fourth-order valence-electron chi connectivity index (χ4n) is 3.13. The summed E-state index contributed by atoms with van der Waals surface area (Å²) < 4.78 is 0. The molecule has 15 heavy (non-hydrogen) atoms. The van der Waals surface area contributed by atoms with E-state index in [-0.39, 0.29) is 11.3 Å². The monoisotopic (exact) mass is 210 g/mol. The van der Waals surface area contributed by atoms with Crippen molar-refractivity contribution in [3.63, 3.8) is 0 Å². The van der Waals surface area contributed by atoms with E-state index in [9.17, 15) is 4.79 Å². The second kappa shape index (κ2) is 4.12. The van der Waals surface area contributed by atoms with Crippen LogP contribution in [0.4, 0.5) is 0 Å². The molecular weight excluding hydrogens is 188 g/mol. The third kappa shape index (κ3) is 2.03. The summed E-state index contributed by atoms with van der Waals surface area (Å²) in [5.41, 5.74) is 5.53. The van der Waals surface area contributed by atoms with Gasteiger partial charge in [-0.05, 0) is 31.6 Å². The van der Waals surface area contributed by atoms with Gasteiger partial charge in [0.15, 0.2) is 0 Å². The van der Waals surface area contributed by atoms with Crippen molar-refractivity contribution in [2.45, 2.75) is 51.5 Å². The van der Waals surface area contributed by atoms with E-state index in [0.29, 0.717) is 18.5 Å². The molecule has 3 heteroatoms. The molecule has 0 saturated heterocycles. The molecular formula is C12H22N2O. The van der Waals surface area contributed by atoms with Gasteiger partial charge in [0.1, 0.15) is 0 Å². The van der Waals surface area contributed by atoms with Crippen LogP contribution in [-0.4, -0.2) is 18.5 Å². The molecule has 1 amide bonds. The van der Waals surface area contributed by atoms with Gasteiger partial charge in [0.25, 0.3) is 0 Å². The predicted molar refractivity (Wildman–Crippen MR) is 60.3 cm³/mol. The highest BCUT2D eigenvalue weighted by atomic mass is 16.2. The van der Waals surface area contributed by atoms with Gasteiger partial charge in [0, 0.05) is 12.6 Å².